The number of nitrogens with one attached hydrogen (secondary N) is 2. The quantitative estimate of drug-likeness (QED) is 0.860. The summed E-state index contributed by atoms with van der Waals surface area (Å²) >= 11 is 3.71. The molecule has 0 saturated carbocycles. The molecule has 0 aliphatic carbocycles. The van der Waals surface area contributed by atoms with Gasteiger partial charge >= 0.3 is 0 Å². The van der Waals surface area contributed by atoms with E-state index in [0.29, 0.717) is 17.6 Å². The van der Waals surface area contributed by atoms with Gasteiger partial charge in [0.25, 0.3) is 10.0 Å². The average molecular weight is 293 g/mol. The molecule has 0 bridgehead atoms. The van der Waals surface area contributed by atoms with E-state index < -0.39 is 10.0 Å². The van der Waals surface area contributed by atoms with E-state index in [2.05, 4.69) is 14.7 Å². The van der Waals surface area contributed by atoms with Crippen LogP contribution in [-0.2, 0) is 10.0 Å². The Morgan fingerprint density at radius 1 is 1.59 bits per heavy atom. The highest BCUT2D eigenvalue weighted by molar-refractivity contribution is 8.06. The van der Waals surface area contributed by atoms with Crippen LogP contribution in [0.4, 0.5) is 0 Å². The fourth-order valence-corrected chi connectivity index (χ4v) is 5.24. The molecular formula is C9H15N3O2S3. The molecule has 2 rings (SSSR count). The number of imidazole rings is 1. The van der Waals surface area contributed by atoms with E-state index in [9.17, 15) is 8.42 Å². The van der Waals surface area contributed by atoms with E-state index in [1.54, 1.807) is 6.92 Å². The largest absolute Gasteiger partial charge is 0.332 e. The first-order valence-corrected chi connectivity index (χ1v) is 8.97. The number of aromatic amines is 1. The van der Waals surface area contributed by atoms with Crippen LogP contribution in [0.1, 0.15) is 5.82 Å². The predicted octanol–water partition coefficient (Wildman–Crippen LogP) is 0.845. The number of sulfonamides is 1. The van der Waals surface area contributed by atoms with Crippen LogP contribution in [0.25, 0.3) is 0 Å². The molecule has 0 radical (unpaired) electrons. The summed E-state index contributed by atoms with van der Waals surface area (Å²) in [5.74, 6) is 3.87. The minimum Gasteiger partial charge on any atom is -0.332 e. The van der Waals surface area contributed by atoms with E-state index in [-0.39, 0.29) is 5.03 Å². The summed E-state index contributed by atoms with van der Waals surface area (Å²) in [5, 5.41) is 0.510. The topological polar surface area (TPSA) is 74.8 Å². The van der Waals surface area contributed by atoms with Crippen LogP contribution >= 0.6 is 23.5 Å². The number of hydrogen-bond donors (Lipinski definition) is 2. The summed E-state index contributed by atoms with van der Waals surface area (Å²) in [6.07, 6.45) is 1.35. The molecule has 96 valence electrons. The van der Waals surface area contributed by atoms with Gasteiger partial charge in [-0.3, -0.25) is 0 Å². The van der Waals surface area contributed by atoms with E-state index in [4.69, 9.17) is 0 Å². The zero-order valence-corrected chi connectivity index (χ0v) is 11.9. The zero-order valence-electron chi connectivity index (χ0n) is 9.47. The molecule has 1 saturated heterocycles. The third-order valence-electron chi connectivity index (χ3n) is 2.36. The molecule has 2 N–H and O–H groups in total. The first kappa shape index (κ1) is 13.3. The number of aromatic nitrogens is 2. The molecule has 8 heteroatoms. The van der Waals surface area contributed by atoms with Gasteiger partial charge in [0, 0.05) is 29.1 Å². The van der Waals surface area contributed by atoms with Gasteiger partial charge in [-0.05, 0) is 6.92 Å². The van der Waals surface area contributed by atoms with Crippen molar-refractivity contribution in [2.45, 2.75) is 17.2 Å². The SMILES string of the molecule is Cc1ncc(S(=O)(=O)NCC2CSCCS2)[nH]1. The van der Waals surface area contributed by atoms with Gasteiger partial charge in [0.2, 0.25) is 0 Å². The molecule has 1 fully saturated rings. The monoisotopic (exact) mass is 293 g/mol. The molecule has 5 nitrogen and oxygen atoms in total. The van der Waals surface area contributed by atoms with Crippen molar-refractivity contribution in [1.82, 2.24) is 14.7 Å². The number of rotatable bonds is 4. The maximum absolute atomic E-state index is 11.9. The fraction of sp³-hybridized carbons (Fsp3) is 0.667. The molecule has 1 aliphatic heterocycles. The molecule has 1 aromatic heterocycles. The van der Waals surface area contributed by atoms with Gasteiger partial charge in [0.15, 0.2) is 5.03 Å². The van der Waals surface area contributed by atoms with E-state index in [1.165, 1.54) is 6.20 Å². The van der Waals surface area contributed by atoms with E-state index >= 15 is 0 Å². The Morgan fingerprint density at radius 3 is 3.00 bits per heavy atom. The van der Waals surface area contributed by atoms with Crippen molar-refractivity contribution in [2.24, 2.45) is 0 Å². The molecule has 0 amide bonds. The molecule has 0 spiro atoms. The van der Waals surface area contributed by atoms with Crippen molar-refractivity contribution < 1.29 is 8.42 Å². The molecular weight excluding hydrogens is 278 g/mol. The lowest BCUT2D eigenvalue weighted by molar-refractivity contribution is 0.578. The molecule has 1 unspecified atom stereocenters. The second-order valence-electron chi connectivity index (χ2n) is 3.75. The summed E-state index contributed by atoms with van der Waals surface area (Å²) in [6, 6.07) is 0. The summed E-state index contributed by atoms with van der Waals surface area (Å²) in [6.45, 7) is 2.21. The molecule has 2 heterocycles. The van der Waals surface area contributed by atoms with Crippen LogP contribution in [0.15, 0.2) is 11.2 Å². The van der Waals surface area contributed by atoms with Crippen LogP contribution in [0, 0.1) is 6.92 Å². The van der Waals surface area contributed by atoms with Gasteiger partial charge in [0.05, 0.1) is 6.20 Å². The Kier molecular flexibility index (Phi) is 4.40. The number of aryl methyl sites for hydroxylation is 1. The first-order valence-electron chi connectivity index (χ1n) is 5.28. The number of nitrogens with zero attached hydrogens (tertiary/aromatic N) is 1. The van der Waals surface area contributed by atoms with Crippen LogP contribution in [0.2, 0.25) is 0 Å². The molecule has 1 aromatic rings. The number of hydrogen-bond acceptors (Lipinski definition) is 5. The highest BCUT2D eigenvalue weighted by Crippen LogP contribution is 2.23. The first-order chi connectivity index (χ1) is 8.08. The van der Waals surface area contributed by atoms with Gasteiger partial charge in [-0.25, -0.2) is 18.1 Å². The molecule has 1 atom stereocenters. The lowest BCUT2D eigenvalue weighted by atomic mass is 10.5. The number of H-pyrrole nitrogens is 1. The zero-order chi connectivity index (χ0) is 12.3. The average Bonchev–Trinajstić information content (AvgIpc) is 2.76. The Hall–Kier alpha value is -0.180. The Labute approximate surface area is 110 Å². The second kappa shape index (κ2) is 5.64. The van der Waals surface area contributed by atoms with Gasteiger partial charge in [-0.1, -0.05) is 0 Å². The van der Waals surface area contributed by atoms with Gasteiger partial charge in [-0.15, -0.1) is 0 Å². The Bertz CT molecular complexity index is 466. The lowest BCUT2D eigenvalue weighted by Crippen LogP contribution is -2.33. The molecule has 17 heavy (non-hydrogen) atoms. The Balaban J connectivity index is 1.93. The van der Waals surface area contributed by atoms with Crippen LogP contribution in [0.5, 0.6) is 0 Å². The summed E-state index contributed by atoms with van der Waals surface area (Å²) in [4.78, 5) is 6.62. The number of thioether (sulfide) groups is 2. The van der Waals surface area contributed by atoms with Crippen LogP contribution in [-0.4, -0.2) is 47.4 Å². The summed E-state index contributed by atoms with van der Waals surface area (Å²) < 4.78 is 26.4. The van der Waals surface area contributed by atoms with Crippen molar-refractivity contribution in [3.05, 3.63) is 12.0 Å². The highest BCUT2D eigenvalue weighted by Gasteiger charge is 2.20. The van der Waals surface area contributed by atoms with Gasteiger partial charge in [0.1, 0.15) is 5.82 Å². The van der Waals surface area contributed by atoms with Crippen LogP contribution in [0.3, 0.4) is 0 Å². The van der Waals surface area contributed by atoms with Gasteiger partial charge in [-0.2, -0.15) is 23.5 Å². The fourth-order valence-electron chi connectivity index (χ4n) is 1.47. The smallest absolute Gasteiger partial charge is 0.257 e. The minimum absolute atomic E-state index is 0.142. The van der Waals surface area contributed by atoms with Crippen molar-refractivity contribution in [3.63, 3.8) is 0 Å². The van der Waals surface area contributed by atoms with Crippen molar-refractivity contribution in [1.29, 1.82) is 0 Å². The minimum atomic E-state index is -3.43. The van der Waals surface area contributed by atoms with Crippen LogP contribution < -0.4 is 4.72 Å². The standard InChI is InChI=1S/C9H15N3O2S3/c1-7-10-5-9(12-7)17(13,14)11-4-8-6-15-2-3-16-8/h5,8,11H,2-4,6H2,1H3,(H,10,12). The maximum atomic E-state index is 11.9. The van der Waals surface area contributed by atoms with Crippen molar-refractivity contribution in [3.8, 4) is 0 Å². The maximum Gasteiger partial charge on any atom is 0.257 e. The molecule has 0 aromatic carbocycles. The third-order valence-corrected chi connectivity index (χ3v) is 6.53. The predicted molar refractivity (Wildman–Crippen MR) is 72.1 cm³/mol. The summed E-state index contributed by atoms with van der Waals surface area (Å²) in [7, 11) is -3.43. The van der Waals surface area contributed by atoms with Crippen molar-refractivity contribution in [2.75, 3.05) is 23.8 Å². The van der Waals surface area contributed by atoms with Crippen molar-refractivity contribution >= 4 is 33.5 Å². The third kappa shape index (κ3) is 3.64. The highest BCUT2D eigenvalue weighted by atomic mass is 32.2. The Morgan fingerprint density at radius 2 is 2.41 bits per heavy atom. The lowest BCUT2D eigenvalue weighted by Gasteiger charge is -2.20. The molecule has 1 aliphatic rings. The van der Waals surface area contributed by atoms with E-state index in [0.717, 1.165) is 17.3 Å². The van der Waals surface area contributed by atoms with E-state index in [1.807, 2.05) is 23.5 Å². The normalized spacial score (nSPS) is 21.6. The van der Waals surface area contributed by atoms with Gasteiger partial charge < -0.3 is 4.98 Å². The summed E-state index contributed by atoms with van der Waals surface area (Å²) in [5.41, 5.74) is 0. The second-order valence-corrected chi connectivity index (χ2v) is 8.05.